The third-order valence-corrected chi connectivity index (χ3v) is 0. The second-order valence-corrected chi connectivity index (χ2v) is 0. The fraction of sp³-hybridized carbons (Fsp3) is 0. The minimum atomic E-state index is 0. The second-order valence-electron chi connectivity index (χ2n) is 0. The van der Waals surface area contributed by atoms with Crippen molar-refractivity contribution in [3.8, 4) is 0 Å². The van der Waals surface area contributed by atoms with Gasteiger partial charge in [-0.15, -0.1) is 0 Å². The molecule has 0 N–H and O–H groups in total. The molecule has 0 bridgehead atoms. The van der Waals surface area contributed by atoms with E-state index in [0.717, 1.165) is 0 Å². The van der Waals surface area contributed by atoms with E-state index >= 15 is 0 Å². The van der Waals surface area contributed by atoms with Gasteiger partial charge in [-0.2, -0.15) is 0 Å². The van der Waals surface area contributed by atoms with Crippen molar-refractivity contribution < 1.29 is 53.7 Å². The van der Waals surface area contributed by atoms with Crippen molar-refractivity contribution in [1.29, 1.82) is 0 Å². The summed E-state index contributed by atoms with van der Waals surface area (Å²) in [4.78, 5) is 0. The maximum Gasteiger partial charge on any atom is 3.00 e. The van der Waals surface area contributed by atoms with Gasteiger partial charge in [0.1, 0.15) is 0 Å². The van der Waals surface area contributed by atoms with Gasteiger partial charge < -0.3 is 16.4 Å². The molecule has 0 fully saturated rings. The summed E-state index contributed by atoms with van der Waals surface area (Å²) >= 11 is 0. The Morgan fingerprint density at radius 1 is 0.600 bits per heavy atom. The van der Waals surface area contributed by atoms with Gasteiger partial charge in [-0.25, -0.2) is 0 Å². The average molecular weight is 424 g/mol. The van der Waals surface area contributed by atoms with E-state index < -0.39 is 0 Å². The number of rotatable bonds is 0. The molecule has 0 aliphatic heterocycles. The van der Waals surface area contributed by atoms with E-state index in [1.807, 2.05) is 0 Å². The van der Waals surface area contributed by atoms with Crippen LogP contribution in [0.25, 0.3) is 0 Å². The SMILES string of the molecule is [Bi+3].[Er+3].[O-2].[O-2].[O-2]. The second kappa shape index (κ2) is 37.3. The van der Waals surface area contributed by atoms with E-state index in [0.29, 0.717) is 0 Å². The Kier molecular flexibility index (Phi) is 468. The molecule has 0 aliphatic rings. The summed E-state index contributed by atoms with van der Waals surface area (Å²) in [5.74, 6) is 0. The Bertz CT molecular complexity index is 6.85. The molecule has 0 saturated heterocycles. The third-order valence-electron chi connectivity index (χ3n) is 0. The standard InChI is InChI=1S/Bi.Er.3O/q2*+3;3*-2. The van der Waals surface area contributed by atoms with E-state index in [2.05, 4.69) is 0 Å². The third kappa shape index (κ3) is 23.9. The molecular formula is BiErO3. The van der Waals surface area contributed by atoms with Gasteiger partial charge in [0.2, 0.25) is 0 Å². The van der Waals surface area contributed by atoms with Gasteiger partial charge in [0, 0.05) is 0 Å². The van der Waals surface area contributed by atoms with Crippen LogP contribution < -0.4 is 0 Å². The quantitative estimate of drug-likeness (QED) is 0.459. The minimum Gasteiger partial charge on any atom is -2.00 e. The molecule has 0 rings (SSSR count). The largest absolute Gasteiger partial charge is 3.00 e. The van der Waals surface area contributed by atoms with Crippen LogP contribution in [-0.4, -0.2) is 26.2 Å². The van der Waals surface area contributed by atoms with Crippen LogP contribution in [-0.2, 0) is 16.4 Å². The summed E-state index contributed by atoms with van der Waals surface area (Å²) in [6.45, 7) is 0. The molecule has 0 heterocycles. The molecule has 0 atom stereocenters. The van der Waals surface area contributed by atoms with Crippen molar-refractivity contribution in [2.75, 3.05) is 0 Å². The molecule has 0 unspecified atom stereocenters. The molecule has 3 radical (unpaired) electrons. The van der Waals surface area contributed by atoms with Crippen LogP contribution in [0, 0.1) is 37.3 Å². The fourth-order valence-electron chi connectivity index (χ4n) is 0. The number of hydrogen-bond acceptors (Lipinski definition) is 0. The first-order valence-corrected chi connectivity index (χ1v) is 0. The monoisotopic (exact) mass is 423 g/mol. The van der Waals surface area contributed by atoms with Crippen LogP contribution >= 0.6 is 0 Å². The van der Waals surface area contributed by atoms with Crippen molar-refractivity contribution in [2.45, 2.75) is 0 Å². The normalized spacial score (nSPS) is 0. The molecule has 5 heavy (non-hydrogen) atoms. The van der Waals surface area contributed by atoms with E-state index in [4.69, 9.17) is 0 Å². The molecule has 0 aromatic rings. The summed E-state index contributed by atoms with van der Waals surface area (Å²) in [5.41, 5.74) is 0. The Labute approximate surface area is 78.8 Å². The smallest absolute Gasteiger partial charge is 2.00 e. The summed E-state index contributed by atoms with van der Waals surface area (Å²) in [6.07, 6.45) is 0. The van der Waals surface area contributed by atoms with Gasteiger partial charge in [-0.05, 0) is 0 Å². The van der Waals surface area contributed by atoms with Crippen LogP contribution in [0.4, 0.5) is 0 Å². The molecular weight excluding hydrogens is 424 g/mol. The Morgan fingerprint density at radius 3 is 0.600 bits per heavy atom. The van der Waals surface area contributed by atoms with Crippen LogP contribution in [0.1, 0.15) is 0 Å². The summed E-state index contributed by atoms with van der Waals surface area (Å²) in [6, 6.07) is 0. The van der Waals surface area contributed by atoms with Crippen LogP contribution in [0.3, 0.4) is 0 Å². The molecule has 0 aliphatic carbocycles. The molecule has 0 aromatic carbocycles. The maximum absolute atomic E-state index is 0. The molecule has 0 saturated carbocycles. The fourth-order valence-corrected chi connectivity index (χ4v) is 0. The van der Waals surface area contributed by atoms with Gasteiger partial charge in [0.05, 0.1) is 0 Å². The summed E-state index contributed by atoms with van der Waals surface area (Å²) < 4.78 is 0. The number of hydrogen-bond donors (Lipinski definition) is 0. The van der Waals surface area contributed by atoms with Crippen molar-refractivity contribution in [2.24, 2.45) is 0 Å². The zero-order valence-corrected chi connectivity index (χ0v) is 7.29. The predicted octanol–water partition coefficient (Wildman–Crippen LogP) is -0.737. The maximum atomic E-state index is 0. The minimum absolute atomic E-state index is 0. The molecule has 0 spiro atoms. The van der Waals surface area contributed by atoms with Gasteiger partial charge in [-0.1, -0.05) is 0 Å². The zero-order chi connectivity index (χ0) is 0. The van der Waals surface area contributed by atoms with Crippen molar-refractivity contribution in [3.63, 3.8) is 0 Å². The Morgan fingerprint density at radius 2 is 0.600 bits per heavy atom. The first-order chi connectivity index (χ1) is 0. The topological polar surface area (TPSA) is 85.5 Å². The van der Waals surface area contributed by atoms with Gasteiger partial charge >= 0.3 is 63.5 Å². The van der Waals surface area contributed by atoms with Gasteiger partial charge in [-0.3, -0.25) is 0 Å². The van der Waals surface area contributed by atoms with Crippen molar-refractivity contribution >= 4 is 26.2 Å². The summed E-state index contributed by atoms with van der Waals surface area (Å²) in [7, 11) is 0. The van der Waals surface area contributed by atoms with Gasteiger partial charge in [0.15, 0.2) is 0 Å². The molecule has 3 nitrogen and oxygen atoms in total. The van der Waals surface area contributed by atoms with Crippen LogP contribution in [0.2, 0.25) is 0 Å². The van der Waals surface area contributed by atoms with Crippen LogP contribution in [0.15, 0.2) is 0 Å². The Balaban J connectivity index is 0. The molecule has 0 amide bonds. The summed E-state index contributed by atoms with van der Waals surface area (Å²) in [5, 5.41) is 0. The van der Waals surface area contributed by atoms with Crippen molar-refractivity contribution in [1.82, 2.24) is 0 Å². The Hall–Kier alpha value is 2.01. The predicted molar refractivity (Wildman–Crippen MR) is 7.81 cm³/mol. The van der Waals surface area contributed by atoms with Crippen LogP contribution in [0.5, 0.6) is 0 Å². The molecule has 0 aromatic heterocycles. The zero-order valence-electron chi connectivity index (χ0n) is 1.96. The first kappa shape index (κ1) is 62.7. The van der Waals surface area contributed by atoms with E-state index in [-0.39, 0.29) is 79.9 Å². The first-order valence-electron chi connectivity index (χ1n) is 0. The molecule has 5 heteroatoms. The van der Waals surface area contributed by atoms with E-state index in [9.17, 15) is 0 Å². The van der Waals surface area contributed by atoms with E-state index in [1.54, 1.807) is 0 Å². The van der Waals surface area contributed by atoms with Gasteiger partial charge in [0.25, 0.3) is 0 Å². The molecule has 35 valence electrons. The average Bonchev–Trinajstić information content (AvgIpc) is 0. The van der Waals surface area contributed by atoms with Crippen molar-refractivity contribution in [3.05, 3.63) is 0 Å². The van der Waals surface area contributed by atoms with E-state index in [1.165, 1.54) is 0 Å².